The van der Waals surface area contributed by atoms with E-state index in [2.05, 4.69) is 4.98 Å². The minimum atomic E-state index is 0.621. The Kier molecular flexibility index (Phi) is 2.61. The number of nitrogens with zero attached hydrogens (tertiary/aromatic N) is 2. The first-order valence-electron chi connectivity index (χ1n) is 5.34. The van der Waals surface area contributed by atoms with Crippen LogP contribution in [0.2, 0.25) is 0 Å². The summed E-state index contributed by atoms with van der Waals surface area (Å²) in [7, 11) is 0. The van der Waals surface area contributed by atoms with E-state index in [9.17, 15) is 0 Å². The first-order chi connectivity index (χ1) is 6.77. The molecule has 1 aromatic heterocycles. The van der Waals surface area contributed by atoms with Crippen molar-refractivity contribution < 1.29 is 0 Å². The van der Waals surface area contributed by atoms with Gasteiger partial charge in [-0.2, -0.15) is 0 Å². The summed E-state index contributed by atoms with van der Waals surface area (Å²) in [5.41, 5.74) is 6.77. The average molecular weight is 194 g/mol. The Morgan fingerprint density at radius 1 is 1.36 bits per heavy atom. The molecule has 1 heterocycles. The van der Waals surface area contributed by atoms with Crippen LogP contribution in [0.3, 0.4) is 0 Å². The lowest BCUT2D eigenvalue weighted by Gasteiger charge is -2.20. The summed E-state index contributed by atoms with van der Waals surface area (Å²) >= 11 is 0. The van der Waals surface area contributed by atoms with Gasteiger partial charge in [0.25, 0.3) is 0 Å². The van der Waals surface area contributed by atoms with Crippen molar-refractivity contribution >= 4 is 5.82 Å². The maximum absolute atomic E-state index is 5.80. The van der Waals surface area contributed by atoms with Crippen molar-refractivity contribution in [3.05, 3.63) is 12.0 Å². The van der Waals surface area contributed by atoms with Crippen LogP contribution in [0.25, 0.3) is 0 Å². The molecule has 0 aromatic carbocycles. The van der Waals surface area contributed by atoms with Gasteiger partial charge in [0, 0.05) is 0 Å². The number of aromatic nitrogens is 2. The van der Waals surface area contributed by atoms with Crippen molar-refractivity contribution in [1.29, 1.82) is 0 Å². The van der Waals surface area contributed by atoms with Crippen LogP contribution in [-0.4, -0.2) is 9.66 Å². The van der Waals surface area contributed by atoms with Gasteiger partial charge in [0.1, 0.15) is 12.1 Å². The average Bonchev–Trinajstić information content (AvgIpc) is 2.52. The first kappa shape index (κ1) is 9.37. The van der Waals surface area contributed by atoms with Crippen LogP contribution in [0.4, 0.5) is 5.82 Å². The molecule has 4 nitrogen and oxygen atoms in total. The SMILES string of the molecule is Nc1c(CC2CCCCC2)ncn1N. The second-order valence-electron chi connectivity index (χ2n) is 4.19. The van der Waals surface area contributed by atoms with Gasteiger partial charge in [-0.3, -0.25) is 0 Å². The van der Waals surface area contributed by atoms with Gasteiger partial charge in [-0.25, -0.2) is 9.66 Å². The molecule has 4 heteroatoms. The smallest absolute Gasteiger partial charge is 0.145 e. The summed E-state index contributed by atoms with van der Waals surface area (Å²) in [5.74, 6) is 6.96. The van der Waals surface area contributed by atoms with Crippen molar-refractivity contribution in [2.24, 2.45) is 5.92 Å². The van der Waals surface area contributed by atoms with Crippen LogP contribution < -0.4 is 11.6 Å². The number of hydrogen-bond acceptors (Lipinski definition) is 3. The van der Waals surface area contributed by atoms with Gasteiger partial charge >= 0.3 is 0 Å². The van der Waals surface area contributed by atoms with Crippen molar-refractivity contribution in [3.8, 4) is 0 Å². The van der Waals surface area contributed by atoms with Crippen LogP contribution in [0.5, 0.6) is 0 Å². The monoisotopic (exact) mass is 194 g/mol. The number of nitrogen functional groups attached to an aromatic ring is 2. The Morgan fingerprint density at radius 3 is 2.64 bits per heavy atom. The summed E-state index contributed by atoms with van der Waals surface area (Å²) in [6, 6.07) is 0. The first-order valence-corrected chi connectivity index (χ1v) is 5.34. The van der Waals surface area contributed by atoms with Crippen molar-refractivity contribution in [3.63, 3.8) is 0 Å². The van der Waals surface area contributed by atoms with Crippen LogP contribution in [-0.2, 0) is 6.42 Å². The van der Waals surface area contributed by atoms with Gasteiger partial charge in [0.15, 0.2) is 0 Å². The Hall–Kier alpha value is -1.19. The van der Waals surface area contributed by atoms with Gasteiger partial charge in [0.2, 0.25) is 0 Å². The molecule has 1 aromatic rings. The van der Waals surface area contributed by atoms with E-state index >= 15 is 0 Å². The largest absolute Gasteiger partial charge is 0.382 e. The lowest BCUT2D eigenvalue weighted by molar-refractivity contribution is 0.355. The summed E-state index contributed by atoms with van der Waals surface area (Å²) in [5, 5.41) is 0. The zero-order chi connectivity index (χ0) is 9.97. The highest BCUT2D eigenvalue weighted by Gasteiger charge is 2.16. The molecule has 78 valence electrons. The lowest BCUT2D eigenvalue weighted by Crippen LogP contribution is -2.13. The minimum absolute atomic E-state index is 0.621. The van der Waals surface area contributed by atoms with Gasteiger partial charge in [-0.15, -0.1) is 0 Å². The summed E-state index contributed by atoms with van der Waals surface area (Å²) in [4.78, 5) is 4.22. The third-order valence-corrected chi connectivity index (χ3v) is 3.12. The molecule has 1 saturated carbocycles. The van der Waals surface area contributed by atoms with Gasteiger partial charge in [0.05, 0.1) is 5.69 Å². The lowest BCUT2D eigenvalue weighted by atomic mass is 9.86. The van der Waals surface area contributed by atoms with E-state index in [4.69, 9.17) is 11.6 Å². The Bertz CT molecular complexity index is 299. The molecule has 14 heavy (non-hydrogen) atoms. The van der Waals surface area contributed by atoms with Crippen molar-refractivity contribution in [1.82, 2.24) is 9.66 Å². The third-order valence-electron chi connectivity index (χ3n) is 3.12. The number of nitrogens with two attached hydrogens (primary N) is 2. The molecule has 0 amide bonds. The molecule has 0 aliphatic heterocycles. The topological polar surface area (TPSA) is 69.9 Å². The Labute approximate surface area is 84.3 Å². The zero-order valence-electron chi connectivity index (χ0n) is 8.45. The predicted octanol–water partition coefficient (Wildman–Crippen LogP) is 1.30. The van der Waals surface area contributed by atoms with E-state index in [1.165, 1.54) is 36.8 Å². The fourth-order valence-electron chi connectivity index (χ4n) is 2.23. The molecular formula is C10H18N4. The minimum Gasteiger partial charge on any atom is -0.382 e. The van der Waals surface area contributed by atoms with Gasteiger partial charge < -0.3 is 11.6 Å². The fraction of sp³-hybridized carbons (Fsp3) is 0.700. The molecule has 0 radical (unpaired) electrons. The fourth-order valence-corrected chi connectivity index (χ4v) is 2.23. The van der Waals surface area contributed by atoms with Crippen LogP contribution in [0, 0.1) is 5.92 Å². The third kappa shape index (κ3) is 1.84. The van der Waals surface area contributed by atoms with E-state index < -0.39 is 0 Å². The van der Waals surface area contributed by atoms with Crippen LogP contribution in [0.1, 0.15) is 37.8 Å². The summed E-state index contributed by atoms with van der Waals surface area (Å²) in [6.07, 6.45) is 9.32. The van der Waals surface area contributed by atoms with E-state index in [0.717, 1.165) is 18.0 Å². The second kappa shape index (κ2) is 3.90. The van der Waals surface area contributed by atoms with Crippen molar-refractivity contribution in [2.45, 2.75) is 38.5 Å². The molecule has 0 unspecified atom stereocenters. The predicted molar refractivity (Wildman–Crippen MR) is 57.1 cm³/mol. The number of rotatable bonds is 2. The van der Waals surface area contributed by atoms with E-state index in [1.54, 1.807) is 6.33 Å². The molecular weight excluding hydrogens is 176 g/mol. The van der Waals surface area contributed by atoms with Crippen LogP contribution >= 0.6 is 0 Å². The molecule has 1 fully saturated rings. The molecule has 1 aliphatic rings. The maximum Gasteiger partial charge on any atom is 0.145 e. The molecule has 0 spiro atoms. The Morgan fingerprint density at radius 2 is 2.07 bits per heavy atom. The highest BCUT2D eigenvalue weighted by Crippen LogP contribution is 2.27. The molecule has 4 N–H and O–H groups in total. The molecule has 0 bridgehead atoms. The van der Waals surface area contributed by atoms with E-state index in [0.29, 0.717) is 5.82 Å². The molecule has 2 rings (SSSR count). The standard InChI is InChI=1S/C10H18N4/c11-10-9(13-7-14(10)12)6-8-4-2-1-3-5-8/h7-8H,1-6,11-12H2. The van der Waals surface area contributed by atoms with Gasteiger partial charge in [-0.05, 0) is 12.3 Å². The highest BCUT2D eigenvalue weighted by molar-refractivity contribution is 5.36. The molecule has 1 aliphatic carbocycles. The van der Waals surface area contributed by atoms with Gasteiger partial charge in [-0.1, -0.05) is 32.1 Å². The quantitative estimate of drug-likeness (QED) is 0.697. The van der Waals surface area contributed by atoms with Crippen molar-refractivity contribution in [2.75, 3.05) is 11.6 Å². The van der Waals surface area contributed by atoms with E-state index in [1.807, 2.05) is 0 Å². The number of anilines is 1. The van der Waals surface area contributed by atoms with Crippen LogP contribution in [0.15, 0.2) is 6.33 Å². The van der Waals surface area contributed by atoms with E-state index in [-0.39, 0.29) is 0 Å². The maximum atomic E-state index is 5.80. The normalized spacial score (nSPS) is 18.6. The highest BCUT2D eigenvalue weighted by atomic mass is 15.3. The zero-order valence-corrected chi connectivity index (χ0v) is 8.45. The molecule has 0 atom stereocenters. The Balaban J connectivity index is 1.99. The second-order valence-corrected chi connectivity index (χ2v) is 4.19. The number of imidazole rings is 1. The summed E-state index contributed by atoms with van der Waals surface area (Å²) in [6.45, 7) is 0. The molecule has 0 saturated heterocycles. The number of hydrogen-bond donors (Lipinski definition) is 2. The summed E-state index contributed by atoms with van der Waals surface area (Å²) < 4.78 is 1.40.